The van der Waals surface area contributed by atoms with Gasteiger partial charge in [0.05, 0.1) is 18.4 Å². The molecule has 0 aromatic heterocycles. The molecule has 0 radical (unpaired) electrons. The molecule has 4 heteroatoms. The highest BCUT2D eigenvalue weighted by atomic mass is 16.5. The van der Waals surface area contributed by atoms with Crippen LogP contribution in [0.4, 0.5) is 5.69 Å². The van der Waals surface area contributed by atoms with Crippen molar-refractivity contribution in [3.05, 3.63) is 24.3 Å². The van der Waals surface area contributed by atoms with Crippen molar-refractivity contribution in [1.82, 2.24) is 5.32 Å². The van der Waals surface area contributed by atoms with E-state index >= 15 is 0 Å². The largest absolute Gasteiger partial charge is 0.491 e. The van der Waals surface area contributed by atoms with E-state index in [4.69, 9.17) is 4.74 Å². The Kier molecular flexibility index (Phi) is 4.23. The number of likely N-dealkylation sites (N-methyl/N-ethyl adjacent to an activating group) is 1. The zero-order valence-electron chi connectivity index (χ0n) is 10.2. The number of hydrogen-bond acceptors (Lipinski definition) is 4. The molecule has 0 saturated carbocycles. The van der Waals surface area contributed by atoms with Crippen molar-refractivity contribution in [2.75, 3.05) is 38.2 Å². The maximum Gasteiger partial charge on any atom is 0.142 e. The number of aliphatic hydroxyl groups excluding tert-OH is 1. The van der Waals surface area contributed by atoms with E-state index in [0.29, 0.717) is 13.1 Å². The molecule has 1 heterocycles. The summed E-state index contributed by atoms with van der Waals surface area (Å²) in [6, 6.07) is 8.02. The number of benzene rings is 1. The fourth-order valence-electron chi connectivity index (χ4n) is 2.14. The summed E-state index contributed by atoms with van der Waals surface area (Å²) in [5.74, 6) is 0.918. The molecular weight excluding hydrogens is 216 g/mol. The van der Waals surface area contributed by atoms with Crippen LogP contribution in [0.5, 0.6) is 5.75 Å². The lowest BCUT2D eigenvalue weighted by Crippen LogP contribution is -2.37. The standard InChI is InChI=1S/C13H20N2O2/c1-14-9-11(16)10-15-7-4-8-17-13-6-3-2-5-12(13)15/h2-3,5-6,11,14,16H,4,7-10H2,1H3. The highest BCUT2D eigenvalue weighted by molar-refractivity contribution is 5.59. The summed E-state index contributed by atoms with van der Waals surface area (Å²) in [4.78, 5) is 2.20. The molecule has 1 aromatic carbocycles. The first-order chi connectivity index (χ1) is 8.31. The minimum Gasteiger partial charge on any atom is -0.491 e. The highest BCUT2D eigenvalue weighted by Crippen LogP contribution is 2.30. The van der Waals surface area contributed by atoms with Crippen molar-refractivity contribution >= 4 is 5.69 Å². The summed E-state index contributed by atoms with van der Waals surface area (Å²) in [7, 11) is 1.85. The molecule has 2 N–H and O–H groups in total. The summed E-state index contributed by atoms with van der Waals surface area (Å²) in [5, 5.41) is 12.9. The first-order valence-electron chi connectivity index (χ1n) is 6.10. The fraction of sp³-hybridized carbons (Fsp3) is 0.538. The molecule has 0 amide bonds. The van der Waals surface area contributed by atoms with Crippen molar-refractivity contribution in [1.29, 1.82) is 0 Å². The van der Waals surface area contributed by atoms with Gasteiger partial charge in [-0.1, -0.05) is 12.1 Å². The molecule has 1 atom stereocenters. The Hall–Kier alpha value is -1.26. The van der Waals surface area contributed by atoms with Crippen LogP contribution in [0.25, 0.3) is 0 Å². The second-order valence-electron chi connectivity index (χ2n) is 4.33. The monoisotopic (exact) mass is 236 g/mol. The Labute approximate surface area is 102 Å². The van der Waals surface area contributed by atoms with Gasteiger partial charge >= 0.3 is 0 Å². The van der Waals surface area contributed by atoms with Gasteiger partial charge in [-0.05, 0) is 25.6 Å². The number of ether oxygens (including phenoxy) is 1. The number of hydrogen-bond donors (Lipinski definition) is 2. The second kappa shape index (κ2) is 5.89. The topological polar surface area (TPSA) is 44.7 Å². The molecule has 1 aliphatic heterocycles. The van der Waals surface area contributed by atoms with E-state index in [9.17, 15) is 5.11 Å². The SMILES string of the molecule is CNCC(O)CN1CCCOc2ccccc21. The Morgan fingerprint density at radius 1 is 1.47 bits per heavy atom. The molecular formula is C13H20N2O2. The number of aliphatic hydroxyl groups is 1. The van der Waals surface area contributed by atoms with E-state index < -0.39 is 0 Å². The lowest BCUT2D eigenvalue weighted by Gasteiger charge is -2.26. The zero-order chi connectivity index (χ0) is 12.1. The smallest absolute Gasteiger partial charge is 0.142 e. The average molecular weight is 236 g/mol. The Bertz CT molecular complexity index is 357. The van der Waals surface area contributed by atoms with Crippen molar-refractivity contribution in [2.24, 2.45) is 0 Å². The van der Waals surface area contributed by atoms with E-state index in [1.165, 1.54) is 0 Å². The van der Waals surface area contributed by atoms with Gasteiger partial charge in [-0.25, -0.2) is 0 Å². The van der Waals surface area contributed by atoms with Crippen LogP contribution in [0.1, 0.15) is 6.42 Å². The van der Waals surface area contributed by atoms with Crippen LogP contribution in [0, 0.1) is 0 Å². The van der Waals surface area contributed by atoms with Crippen molar-refractivity contribution in [3.63, 3.8) is 0 Å². The number of rotatable bonds is 4. The molecule has 0 aliphatic carbocycles. The Morgan fingerprint density at radius 3 is 3.12 bits per heavy atom. The zero-order valence-corrected chi connectivity index (χ0v) is 10.2. The van der Waals surface area contributed by atoms with Crippen LogP contribution in [0.3, 0.4) is 0 Å². The van der Waals surface area contributed by atoms with Crippen LogP contribution in [-0.2, 0) is 0 Å². The van der Waals surface area contributed by atoms with Crippen molar-refractivity contribution in [3.8, 4) is 5.75 Å². The van der Waals surface area contributed by atoms with E-state index in [1.807, 2.05) is 31.3 Å². The third-order valence-electron chi connectivity index (χ3n) is 2.91. The third kappa shape index (κ3) is 3.11. The Morgan fingerprint density at radius 2 is 2.29 bits per heavy atom. The maximum absolute atomic E-state index is 9.87. The predicted molar refractivity (Wildman–Crippen MR) is 68.7 cm³/mol. The van der Waals surface area contributed by atoms with Crippen LogP contribution >= 0.6 is 0 Å². The van der Waals surface area contributed by atoms with E-state index in [-0.39, 0.29) is 6.10 Å². The molecule has 4 nitrogen and oxygen atoms in total. The molecule has 1 aromatic rings. The van der Waals surface area contributed by atoms with Crippen molar-refractivity contribution < 1.29 is 9.84 Å². The first kappa shape index (κ1) is 12.2. The number of β-amino-alcohol motifs (C(OH)–C–C–N with tert-alkyl or cyclic N) is 1. The van der Waals surface area contributed by atoms with E-state index in [1.54, 1.807) is 0 Å². The summed E-state index contributed by atoms with van der Waals surface area (Å²) in [6.45, 7) is 2.92. The normalized spacial score (nSPS) is 16.9. The molecule has 0 bridgehead atoms. The maximum atomic E-state index is 9.87. The van der Waals surface area contributed by atoms with Crippen LogP contribution in [0.2, 0.25) is 0 Å². The van der Waals surface area contributed by atoms with E-state index in [0.717, 1.165) is 31.0 Å². The van der Waals surface area contributed by atoms with Crippen LogP contribution < -0.4 is 15.0 Å². The number of nitrogens with zero attached hydrogens (tertiary/aromatic N) is 1. The quantitative estimate of drug-likeness (QED) is 0.813. The Balaban J connectivity index is 2.11. The minimum absolute atomic E-state index is 0.355. The fourth-order valence-corrected chi connectivity index (χ4v) is 2.14. The number of fused-ring (bicyclic) bond motifs is 1. The number of nitrogens with one attached hydrogen (secondary N) is 1. The average Bonchev–Trinajstić information content (AvgIpc) is 2.53. The predicted octanol–water partition coefficient (Wildman–Crippen LogP) is 0.856. The molecule has 17 heavy (non-hydrogen) atoms. The van der Waals surface area contributed by atoms with Gasteiger partial charge in [-0.2, -0.15) is 0 Å². The van der Waals surface area contributed by atoms with Gasteiger partial charge < -0.3 is 20.1 Å². The van der Waals surface area contributed by atoms with Gasteiger partial charge in [0.2, 0.25) is 0 Å². The highest BCUT2D eigenvalue weighted by Gasteiger charge is 2.18. The van der Waals surface area contributed by atoms with Crippen LogP contribution in [-0.4, -0.2) is 44.5 Å². The van der Waals surface area contributed by atoms with Gasteiger partial charge in [-0.15, -0.1) is 0 Å². The molecule has 0 spiro atoms. The molecule has 0 saturated heterocycles. The van der Waals surface area contributed by atoms with Gasteiger partial charge in [0.15, 0.2) is 0 Å². The minimum atomic E-state index is -0.355. The van der Waals surface area contributed by atoms with Gasteiger partial charge in [0.25, 0.3) is 0 Å². The molecule has 0 fully saturated rings. The summed E-state index contributed by atoms with van der Waals surface area (Å²) < 4.78 is 5.68. The lowest BCUT2D eigenvalue weighted by molar-refractivity contribution is 0.179. The lowest BCUT2D eigenvalue weighted by atomic mass is 10.2. The van der Waals surface area contributed by atoms with Crippen molar-refractivity contribution in [2.45, 2.75) is 12.5 Å². The number of anilines is 1. The summed E-state index contributed by atoms with van der Waals surface area (Å²) in [6.07, 6.45) is 0.632. The third-order valence-corrected chi connectivity index (χ3v) is 2.91. The number of para-hydroxylation sites is 2. The van der Waals surface area contributed by atoms with E-state index in [2.05, 4.69) is 10.2 Å². The van der Waals surface area contributed by atoms with Gasteiger partial charge in [0, 0.05) is 19.6 Å². The van der Waals surface area contributed by atoms with Gasteiger partial charge in [-0.3, -0.25) is 0 Å². The molecule has 94 valence electrons. The summed E-state index contributed by atoms with van der Waals surface area (Å²) >= 11 is 0. The molecule has 1 unspecified atom stereocenters. The summed E-state index contributed by atoms with van der Waals surface area (Å²) in [5.41, 5.74) is 1.08. The van der Waals surface area contributed by atoms with Gasteiger partial charge in [0.1, 0.15) is 5.75 Å². The molecule has 1 aliphatic rings. The second-order valence-corrected chi connectivity index (χ2v) is 4.33. The van der Waals surface area contributed by atoms with Crippen LogP contribution in [0.15, 0.2) is 24.3 Å². The molecule has 2 rings (SSSR count). The first-order valence-corrected chi connectivity index (χ1v) is 6.10.